The summed E-state index contributed by atoms with van der Waals surface area (Å²) in [6.07, 6.45) is 0. The topological polar surface area (TPSA) is 55.8 Å². The molecule has 0 spiro atoms. The zero-order valence-corrected chi connectivity index (χ0v) is 14.8. The molecule has 0 fully saturated rings. The van der Waals surface area contributed by atoms with E-state index in [4.69, 9.17) is 4.74 Å². The van der Waals surface area contributed by atoms with Crippen LogP contribution in [0.1, 0.15) is 13.8 Å². The fraction of sp³-hybridized carbons (Fsp3) is 0.300. The minimum atomic E-state index is -0.452. The van der Waals surface area contributed by atoms with Crippen molar-refractivity contribution in [3.8, 4) is 16.9 Å². The Hall–Kier alpha value is -2.82. The molecule has 0 aliphatic carbocycles. The molecule has 0 radical (unpaired) electrons. The molecule has 5 heteroatoms. The number of carbonyl (C=O) groups is 2. The molecule has 0 saturated carbocycles. The number of carbonyl (C=O) groups excluding carboxylic acids is 2. The number of benzene rings is 2. The fourth-order valence-electron chi connectivity index (χ4n) is 2.43. The van der Waals surface area contributed by atoms with E-state index in [9.17, 15) is 9.59 Å². The van der Waals surface area contributed by atoms with Gasteiger partial charge >= 0.3 is 5.97 Å². The van der Waals surface area contributed by atoms with Gasteiger partial charge in [0.25, 0.3) is 5.91 Å². The van der Waals surface area contributed by atoms with E-state index in [1.54, 1.807) is 0 Å². The van der Waals surface area contributed by atoms with Crippen molar-refractivity contribution < 1.29 is 19.1 Å². The van der Waals surface area contributed by atoms with E-state index < -0.39 is 5.97 Å². The number of hydrogen-bond donors (Lipinski definition) is 0. The van der Waals surface area contributed by atoms with Gasteiger partial charge in [0, 0.05) is 11.6 Å². The Kier molecular flexibility index (Phi) is 6.57. The Bertz CT molecular complexity index is 713. The van der Waals surface area contributed by atoms with Crippen LogP contribution < -0.4 is 4.74 Å². The van der Waals surface area contributed by atoms with Crippen LogP contribution in [0.4, 0.5) is 0 Å². The summed E-state index contributed by atoms with van der Waals surface area (Å²) < 4.78 is 10.4. The summed E-state index contributed by atoms with van der Waals surface area (Å²) in [5, 5.41) is 0. The first-order valence-corrected chi connectivity index (χ1v) is 8.16. The fourth-order valence-corrected chi connectivity index (χ4v) is 2.43. The molecule has 2 rings (SSSR count). The molecular formula is C20H23NO4. The summed E-state index contributed by atoms with van der Waals surface area (Å²) in [4.78, 5) is 25.4. The minimum absolute atomic E-state index is 0.0866. The molecule has 0 aliphatic heterocycles. The molecule has 1 amide bonds. The second kappa shape index (κ2) is 8.87. The lowest BCUT2D eigenvalue weighted by molar-refractivity contribution is -0.148. The zero-order valence-electron chi connectivity index (χ0n) is 14.8. The zero-order chi connectivity index (χ0) is 18.2. The number of amides is 1. The summed E-state index contributed by atoms with van der Waals surface area (Å²) in [6.45, 7) is 3.47. The van der Waals surface area contributed by atoms with Crippen LogP contribution in [0.5, 0.6) is 5.75 Å². The smallest absolute Gasteiger partial charge is 0.325 e. The van der Waals surface area contributed by atoms with Gasteiger partial charge in [0.2, 0.25) is 0 Å². The number of nitrogens with zero attached hydrogens (tertiary/aromatic N) is 1. The maximum absolute atomic E-state index is 12.5. The van der Waals surface area contributed by atoms with E-state index >= 15 is 0 Å². The van der Waals surface area contributed by atoms with Crippen molar-refractivity contribution in [1.82, 2.24) is 4.90 Å². The molecule has 132 valence electrons. The molecule has 0 atom stereocenters. The van der Waals surface area contributed by atoms with Crippen LogP contribution in [0.15, 0.2) is 54.6 Å². The molecule has 0 N–H and O–H groups in total. The van der Waals surface area contributed by atoms with Gasteiger partial charge in [-0.2, -0.15) is 0 Å². The summed E-state index contributed by atoms with van der Waals surface area (Å²) in [5.74, 6) is -0.0844. The van der Waals surface area contributed by atoms with Crippen LogP contribution in [-0.2, 0) is 14.3 Å². The summed E-state index contributed by atoms with van der Waals surface area (Å²) in [6, 6.07) is 17.3. The van der Waals surface area contributed by atoms with E-state index in [2.05, 4.69) is 4.74 Å². The molecule has 0 heterocycles. The molecule has 0 aliphatic rings. The van der Waals surface area contributed by atoms with E-state index in [1.807, 2.05) is 68.4 Å². The normalized spacial score (nSPS) is 10.4. The molecule has 25 heavy (non-hydrogen) atoms. The van der Waals surface area contributed by atoms with Crippen molar-refractivity contribution in [2.24, 2.45) is 0 Å². The Labute approximate surface area is 148 Å². The maximum Gasteiger partial charge on any atom is 0.325 e. The average molecular weight is 341 g/mol. The van der Waals surface area contributed by atoms with E-state index in [1.165, 1.54) is 12.0 Å². The van der Waals surface area contributed by atoms with Crippen molar-refractivity contribution >= 4 is 11.9 Å². The SMILES string of the molecule is COC(=O)CN(C(=O)COc1ccccc1-c1ccccc1)C(C)C. The third-order valence-electron chi connectivity index (χ3n) is 3.79. The first-order chi connectivity index (χ1) is 12.0. The Morgan fingerprint density at radius 2 is 1.64 bits per heavy atom. The van der Waals surface area contributed by atoms with Gasteiger partial charge in [-0.3, -0.25) is 9.59 Å². The molecule has 0 aromatic heterocycles. The molecule has 5 nitrogen and oxygen atoms in total. The first kappa shape index (κ1) is 18.5. The summed E-state index contributed by atoms with van der Waals surface area (Å²) in [7, 11) is 1.30. The van der Waals surface area contributed by atoms with Crippen LogP contribution in [-0.4, -0.2) is 43.1 Å². The first-order valence-electron chi connectivity index (χ1n) is 8.16. The molecule has 2 aromatic carbocycles. The van der Waals surface area contributed by atoms with Gasteiger partial charge in [-0.15, -0.1) is 0 Å². The molecule has 0 unspecified atom stereocenters. The third-order valence-corrected chi connectivity index (χ3v) is 3.79. The lowest BCUT2D eigenvalue weighted by Gasteiger charge is -2.25. The highest BCUT2D eigenvalue weighted by Gasteiger charge is 2.21. The van der Waals surface area contributed by atoms with Crippen molar-refractivity contribution in [3.63, 3.8) is 0 Å². The van der Waals surface area contributed by atoms with Crippen LogP contribution >= 0.6 is 0 Å². The highest BCUT2D eigenvalue weighted by Crippen LogP contribution is 2.29. The van der Waals surface area contributed by atoms with E-state index in [0.29, 0.717) is 5.75 Å². The van der Waals surface area contributed by atoms with E-state index in [0.717, 1.165) is 11.1 Å². The van der Waals surface area contributed by atoms with Gasteiger partial charge in [-0.25, -0.2) is 0 Å². The maximum atomic E-state index is 12.5. The minimum Gasteiger partial charge on any atom is -0.483 e. The Balaban J connectivity index is 2.10. The second-order valence-electron chi connectivity index (χ2n) is 5.84. The molecule has 2 aromatic rings. The largest absolute Gasteiger partial charge is 0.483 e. The Morgan fingerprint density at radius 3 is 2.28 bits per heavy atom. The van der Waals surface area contributed by atoms with Crippen molar-refractivity contribution in [2.75, 3.05) is 20.3 Å². The standard InChI is InChI=1S/C20H23NO4/c1-15(2)21(13-20(23)24-3)19(22)14-25-18-12-8-7-11-17(18)16-9-5-4-6-10-16/h4-12,15H,13-14H2,1-3H3. The molecule has 0 bridgehead atoms. The van der Waals surface area contributed by atoms with Crippen LogP contribution in [0.25, 0.3) is 11.1 Å². The number of methoxy groups -OCH3 is 1. The third kappa shape index (κ3) is 5.08. The van der Waals surface area contributed by atoms with Gasteiger partial charge in [-0.05, 0) is 25.5 Å². The van der Waals surface area contributed by atoms with Gasteiger partial charge in [0.1, 0.15) is 12.3 Å². The van der Waals surface area contributed by atoms with Gasteiger partial charge < -0.3 is 14.4 Å². The Morgan fingerprint density at radius 1 is 1.00 bits per heavy atom. The monoisotopic (exact) mass is 341 g/mol. The predicted octanol–water partition coefficient (Wildman–Crippen LogP) is 3.14. The summed E-state index contributed by atoms with van der Waals surface area (Å²) in [5.41, 5.74) is 1.93. The lowest BCUT2D eigenvalue weighted by atomic mass is 10.1. The van der Waals surface area contributed by atoms with Crippen LogP contribution in [0.2, 0.25) is 0 Å². The number of esters is 1. The van der Waals surface area contributed by atoms with Crippen LogP contribution in [0.3, 0.4) is 0 Å². The van der Waals surface area contributed by atoms with Gasteiger partial charge in [-0.1, -0.05) is 48.5 Å². The second-order valence-corrected chi connectivity index (χ2v) is 5.84. The van der Waals surface area contributed by atoms with Gasteiger partial charge in [0.05, 0.1) is 7.11 Å². The predicted molar refractivity (Wildman–Crippen MR) is 96.2 cm³/mol. The number of para-hydroxylation sites is 1. The highest BCUT2D eigenvalue weighted by atomic mass is 16.5. The van der Waals surface area contributed by atoms with Crippen molar-refractivity contribution in [2.45, 2.75) is 19.9 Å². The van der Waals surface area contributed by atoms with Gasteiger partial charge in [0.15, 0.2) is 6.61 Å². The molecule has 0 saturated heterocycles. The van der Waals surface area contributed by atoms with Crippen molar-refractivity contribution in [1.29, 1.82) is 0 Å². The van der Waals surface area contributed by atoms with E-state index in [-0.39, 0.29) is 25.1 Å². The average Bonchev–Trinajstić information content (AvgIpc) is 2.64. The molecular weight excluding hydrogens is 318 g/mol. The lowest BCUT2D eigenvalue weighted by Crippen LogP contribution is -2.43. The highest BCUT2D eigenvalue weighted by molar-refractivity contribution is 5.83. The summed E-state index contributed by atoms with van der Waals surface area (Å²) >= 11 is 0. The number of rotatable bonds is 7. The quantitative estimate of drug-likeness (QED) is 0.726. The van der Waals surface area contributed by atoms with Crippen molar-refractivity contribution in [3.05, 3.63) is 54.6 Å². The number of hydrogen-bond acceptors (Lipinski definition) is 4. The van der Waals surface area contributed by atoms with Crippen LogP contribution in [0, 0.1) is 0 Å². The number of ether oxygens (including phenoxy) is 2.